The van der Waals surface area contributed by atoms with E-state index in [4.69, 9.17) is 9.26 Å². The number of benzene rings is 1. The van der Waals surface area contributed by atoms with Crippen molar-refractivity contribution < 1.29 is 14.1 Å². The second-order valence-corrected chi connectivity index (χ2v) is 6.48. The number of carbonyl (C=O) groups is 1. The SMILES string of the molecule is Cc1ccc(-c2nnn(CC(=O)OCc3noc(-c4ccsc4)n3)n2)cc1. The lowest BCUT2D eigenvalue weighted by atomic mass is 10.1. The van der Waals surface area contributed by atoms with Gasteiger partial charge in [0.1, 0.15) is 0 Å². The van der Waals surface area contributed by atoms with E-state index in [9.17, 15) is 4.79 Å². The second kappa shape index (κ2) is 7.46. The molecule has 9 nitrogen and oxygen atoms in total. The molecule has 3 heterocycles. The summed E-state index contributed by atoms with van der Waals surface area (Å²) < 4.78 is 10.3. The summed E-state index contributed by atoms with van der Waals surface area (Å²) >= 11 is 1.53. The lowest BCUT2D eigenvalue weighted by molar-refractivity contribution is -0.146. The van der Waals surface area contributed by atoms with Crippen molar-refractivity contribution in [1.29, 1.82) is 0 Å². The van der Waals surface area contributed by atoms with Gasteiger partial charge in [-0.2, -0.15) is 21.1 Å². The van der Waals surface area contributed by atoms with Crippen LogP contribution in [0.1, 0.15) is 11.4 Å². The summed E-state index contributed by atoms with van der Waals surface area (Å²) in [6.45, 7) is 1.75. The summed E-state index contributed by atoms with van der Waals surface area (Å²) in [7, 11) is 0. The summed E-state index contributed by atoms with van der Waals surface area (Å²) in [5.41, 5.74) is 2.80. The van der Waals surface area contributed by atoms with Crippen LogP contribution in [0.3, 0.4) is 0 Å². The molecule has 10 heteroatoms. The second-order valence-electron chi connectivity index (χ2n) is 5.70. The first-order valence-electron chi connectivity index (χ1n) is 8.03. The molecule has 0 aliphatic heterocycles. The Balaban J connectivity index is 1.33. The predicted molar refractivity (Wildman–Crippen MR) is 95.4 cm³/mol. The standard InChI is InChI=1S/C17H14N6O3S/c1-11-2-4-12(5-3-11)16-19-22-23(20-16)8-15(24)25-9-14-18-17(26-21-14)13-6-7-27-10-13/h2-7,10H,8-9H2,1H3. The van der Waals surface area contributed by atoms with Crippen LogP contribution in [0, 0.1) is 6.92 Å². The predicted octanol–water partition coefficient (Wildman–Crippen LogP) is 2.50. The van der Waals surface area contributed by atoms with Crippen molar-refractivity contribution in [3.63, 3.8) is 0 Å². The van der Waals surface area contributed by atoms with E-state index in [0.717, 1.165) is 16.7 Å². The zero-order valence-corrected chi connectivity index (χ0v) is 15.1. The van der Waals surface area contributed by atoms with E-state index in [2.05, 4.69) is 25.6 Å². The van der Waals surface area contributed by atoms with Crippen molar-refractivity contribution in [2.45, 2.75) is 20.1 Å². The fourth-order valence-electron chi connectivity index (χ4n) is 2.25. The van der Waals surface area contributed by atoms with Crippen LogP contribution >= 0.6 is 11.3 Å². The number of carbonyl (C=O) groups excluding carboxylic acids is 1. The van der Waals surface area contributed by atoms with Gasteiger partial charge in [-0.05, 0) is 23.6 Å². The molecule has 3 aromatic heterocycles. The molecule has 0 N–H and O–H groups in total. The molecule has 27 heavy (non-hydrogen) atoms. The van der Waals surface area contributed by atoms with Gasteiger partial charge in [0.05, 0.1) is 5.56 Å². The molecule has 0 bridgehead atoms. The minimum absolute atomic E-state index is 0.0913. The van der Waals surface area contributed by atoms with Gasteiger partial charge in [-0.3, -0.25) is 0 Å². The molecule has 4 rings (SSSR count). The third-order valence-electron chi connectivity index (χ3n) is 3.63. The van der Waals surface area contributed by atoms with Gasteiger partial charge in [0.15, 0.2) is 13.2 Å². The molecule has 136 valence electrons. The van der Waals surface area contributed by atoms with Crippen LogP contribution in [0.5, 0.6) is 0 Å². The average Bonchev–Trinajstić information content (AvgIpc) is 3.42. The van der Waals surface area contributed by atoms with Crippen molar-refractivity contribution in [3.05, 3.63) is 52.5 Å². The molecular formula is C17H14N6O3S. The number of tetrazole rings is 1. The summed E-state index contributed by atoms with van der Waals surface area (Å²) in [6.07, 6.45) is 0. The molecule has 0 radical (unpaired) electrons. The molecule has 0 aliphatic carbocycles. The van der Waals surface area contributed by atoms with E-state index < -0.39 is 5.97 Å². The van der Waals surface area contributed by atoms with Crippen molar-refractivity contribution in [2.24, 2.45) is 0 Å². The Hall–Kier alpha value is -3.40. The Morgan fingerprint density at radius 2 is 2.07 bits per heavy atom. The molecular weight excluding hydrogens is 368 g/mol. The Morgan fingerprint density at radius 3 is 2.85 bits per heavy atom. The fourth-order valence-corrected chi connectivity index (χ4v) is 2.88. The highest BCUT2D eigenvalue weighted by molar-refractivity contribution is 7.08. The molecule has 4 aromatic rings. The van der Waals surface area contributed by atoms with Gasteiger partial charge in [-0.1, -0.05) is 35.0 Å². The number of nitrogens with zero attached hydrogens (tertiary/aromatic N) is 6. The highest BCUT2D eigenvalue weighted by atomic mass is 32.1. The smallest absolute Gasteiger partial charge is 0.330 e. The van der Waals surface area contributed by atoms with E-state index in [1.165, 1.54) is 16.1 Å². The largest absolute Gasteiger partial charge is 0.456 e. The number of hydrogen-bond acceptors (Lipinski definition) is 9. The quantitative estimate of drug-likeness (QED) is 0.468. The number of rotatable bonds is 6. The highest BCUT2D eigenvalue weighted by Crippen LogP contribution is 2.20. The normalized spacial score (nSPS) is 10.9. The van der Waals surface area contributed by atoms with Crippen LogP contribution in [0.2, 0.25) is 0 Å². The highest BCUT2D eigenvalue weighted by Gasteiger charge is 2.13. The molecule has 0 aliphatic rings. The first-order chi connectivity index (χ1) is 13.2. The lowest BCUT2D eigenvalue weighted by Gasteiger charge is -2.00. The Kier molecular flexibility index (Phi) is 4.71. The summed E-state index contributed by atoms with van der Waals surface area (Å²) in [5, 5.41) is 19.6. The van der Waals surface area contributed by atoms with E-state index >= 15 is 0 Å². The minimum Gasteiger partial charge on any atom is -0.456 e. The van der Waals surface area contributed by atoms with Gasteiger partial charge in [0, 0.05) is 10.9 Å². The molecule has 0 atom stereocenters. The van der Waals surface area contributed by atoms with Crippen molar-refractivity contribution >= 4 is 17.3 Å². The van der Waals surface area contributed by atoms with Gasteiger partial charge in [-0.15, -0.1) is 10.2 Å². The maximum absolute atomic E-state index is 12.0. The van der Waals surface area contributed by atoms with Gasteiger partial charge in [0.25, 0.3) is 5.89 Å². The van der Waals surface area contributed by atoms with Gasteiger partial charge < -0.3 is 9.26 Å². The zero-order chi connectivity index (χ0) is 18.6. The topological polar surface area (TPSA) is 109 Å². The van der Waals surface area contributed by atoms with Gasteiger partial charge >= 0.3 is 5.97 Å². The van der Waals surface area contributed by atoms with E-state index in [1.54, 1.807) is 0 Å². The molecule has 0 unspecified atom stereocenters. The van der Waals surface area contributed by atoms with Crippen molar-refractivity contribution in [1.82, 2.24) is 30.3 Å². The van der Waals surface area contributed by atoms with E-state index in [0.29, 0.717) is 11.7 Å². The van der Waals surface area contributed by atoms with Crippen molar-refractivity contribution in [2.75, 3.05) is 0 Å². The Bertz CT molecular complexity index is 1040. The number of ether oxygens (including phenoxy) is 1. The van der Waals surface area contributed by atoms with Crippen LogP contribution in [0.15, 0.2) is 45.6 Å². The zero-order valence-electron chi connectivity index (χ0n) is 14.3. The number of hydrogen-bond donors (Lipinski definition) is 0. The van der Waals surface area contributed by atoms with Crippen molar-refractivity contribution in [3.8, 4) is 22.8 Å². The summed E-state index contributed by atoms with van der Waals surface area (Å²) in [4.78, 5) is 17.3. The minimum atomic E-state index is -0.523. The number of esters is 1. The molecule has 0 saturated carbocycles. The first kappa shape index (κ1) is 17.0. The maximum atomic E-state index is 12.0. The average molecular weight is 382 g/mol. The van der Waals surface area contributed by atoms with Crippen LogP contribution in [0.4, 0.5) is 0 Å². The van der Waals surface area contributed by atoms with Crippen LogP contribution in [-0.2, 0) is 22.7 Å². The first-order valence-corrected chi connectivity index (χ1v) is 8.97. The molecule has 0 saturated heterocycles. The van der Waals surface area contributed by atoms with Gasteiger partial charge in [0.2, 0.25) is 11.6 Å². The summed E-state index contributed by atoms with van der Waals surface area (Å²) in [5.74, 6) is 0.602. The summed E-state index contributed by atoms with van der Waals surface area (Å²) in [6, 6.07) is 9.59. The van der Waals surface area contributed by atoms with Crippen LogP contribution in [-0.4, -0.2) is 36.3 Å². The molecule has 0 spiro atoms. The Labute approximate surface area is 157 Å². The third kappa shape index (κ3) is 4.06. The van der Waals surface area contributed by atoms with Crippen LogP contribution in [0.25, 0.3) is 22.8 Å². The Morgan fingerprint density at radius 1 is 1.22 bits per heavy atom. The monoisotopic (exact) mass is 382 g/mol. The number of aryl methyl sites for hydroxylation is 1. The van der Waals surface area contributed by atoms with E-state index in [-0.39, 0.29) is 19.0 Å². The third-order valence-corrected chi connectivity index (χ3v) is 4.31. The molecule has 0 fully saturated rings. The molecule has 0 amide bonds. The van der Waals surface area contributed by atoms with E-state index in [1.807, 2.05) is 48.0 Å². The van der Waals surface area contributed by atoms with Crippen LogP contribution < -0.4 is 0 Å². The number of aromatic nitrogens is 6. The van der Waals surface area contributed by atoms with Gasteiger partial charge in [-0.25, -0.2) is 4.79 Å². The maximum Gasteiger partial charge on any atom is 0.330 e. The lowest BCUT2D eigenvalue weighted by Crippen LogP contribution is -2.16. The molecule has 1 aromatic carbocycles. The number of thiophene rings is 1. The fraction of sp³-hybridized carbons (Fsp3) is 0.176.